The van der Waals surface area contributed by atoms with Gasteiger partial charge in [-0.15, -0.1) is 11.3 Å². The molecule has 0 saturated carbocycles. The van der Waals surface area contributed by atoms with Crippen LogP contribution < -0.4 is 9.47 Å². The van der Waals surface area contributed by atoms with Crippen molar-refractivity contribution in [3.05, 3.63) is 59.4 Å². The first-order valence-electron chi connectivity index (χ1n) is 8.50. The Morgan fingerprint density at radius 2 is 1.93 bits per heavy atom. The molecule has 2 aromatic heterocycles. The standard InChI is InChI=1S/C21H16FN3O2S/c1-26-15-7-8-19(27-2)16(11-15)20-17(9-10-23)25-18(12-28-21(25)24-20)13-3-5-14(22)6-4-13/h3-8,11-12H,9H2,1-2H3. The lowest BCUT2D eigenvalue weighted by molar-refractivity contribution is 0.404. The van der Waals surface area contributed by atoms with Gasteiger partial charge < -0.3 is 9.47 Å². The summed E-state index contributed by atoms with van der Waals surface area (Å²) < 4.78 is 26.1. The van der Waals surface area contributed by atoms with Gasteiger partial charge in [-0.1, -0.05) is 0 Å². The molecule has 0 N–H and O–H groups in total. The van der Waals surface area contributed by atoms with Crippen molar-refractivity contribution in [3.63, 3.8) is 0 Å². The molecule has 0 fully saturated rings. The molecule has 0 radical (unpaired) electrons. The number of hydrogen-bond acceptors (Lipinski definition) is 5. The van der Waals surface area contributed by atoms with Crippen LogP contribution in [-0.4, -0.2) is 23.6 Å². The number of thiazole rings is 1. The van der Waals surface area contributed by atoms with Crippen LogP contribution in [0, 0.1) is 17.1 Å². The van der Waals surface area contributed by atoms with Crippen molar-refractivity contribution < 1.29 is 13.9 Å². The number of imidazole rings is 1. The van der Waals surface area contributed by atoms with Crippen molar-refractivity contribution in [2.24, 2.45) is 0 Å². The number of benzene rings is 2. The quantitative estimate of drug-likeness (QED) is 0.481. The zero-order chi connectivity index (χ0) is 19.7. The summed E-state index contributed by atoms with van der Waals surface area (Å²) in [6.45, 7) is 0. The summed E-state index contributed by atoms with van der Waals surface area (Å²) in [6, 6.07) is 14.0. The summed E-state index contributed by atoms with van der Waals surface area (Å²) in [5.74, 6) is 1.03. The van der Waals surface area contributed by atoms with Crippen LogP contribution in [-0.2, 0) is 6.42 Å². The fourth-order valence-corrected chi connectivity index (χ4v) is 4.11. The second kappa shape index (κ2) is 7.33. The molecule has 2 heterocycles. The molecule has 0 aliphatic rings. The average Bonchev–Trinajstić information content (AvgIpc) is 3.28. The van der Waals surface area contributed by atoms with Gasteiger partial charge in [0.25, 0.3) is 0 Å². The number of hydrogen-bond donors (Lipinski definition) is 0. The summed E-state index contributed by atoms with van der Waals surface area (Å²) in [4.78, 5) is 5.52. The Labute approximate surface area is 165 Å². The first kappa shape index (κ1) is 18.0. The molecule has 4 aromatic rings. The van der Waals surface area contributed by atoms with Gasteiger partial charge in [-0.25, -0.2) is 9.37 Å². The Hall–Kier alpha value is -3.37. The van der Waals surface area contributed by atoms with E-state index < -0.39 is 0 Å². The predicted octanol–water partition coefficient (Wildman–Crippen LogP) is 4.95. The topological polar surface area (TPSA) is 59.6 Å². The molecule has 0 bridgehead atoms. The first-order valence-corrected chi connectivity index (χ1v) is 9.38. The van der Waals surface area contributed by atoms with Crippen molar-refractivity contribution in [2.75, 3.05) is 14.2 Å². The van der Waals surface area contributed by atoms with Gasteiger partial charge in [0.15, 0.2) is 4.96 Å². The van der Waals surface area contributed by atoms with Crippen molar-refractivity contribution in [1.82, 2.24) is 9.38 Å². The second-order valence-electron chi connectivity index (χ2n) is 6.05. The number of halogens is 1. The fraction of sp³-hybridized carbons (Fsp3) is 0.143. The van der Waals surface area contributed by atoms with Gasteiger partial charge in [-0.05, 0) is 48.0 Å². The lowest BCUT2D eigenvalue weighted by Crippen LogP contribution is -1.97. The van der Waals surface area contributed by atoms with E-state index in [2.05, 4.69) is 6.07 Å². The third-order valence-corrected chi connectivity index (χ3v) is 5.33. The highest BCUT2D eigenvalue weighted by Gasteiger charge is 2.21. The molecule has 0 aliphatic heterocycles. The molecule has 28 heavy (non-hydrogen) atoms. The molecule has 5 nitrogen and oxygen atoms in total. The summed E-state index contributed by atoms with van der Waals surface area (Å²) in [7, 11) is 3.19. The number of methoxy groups -OCH3 is 2. The van der Waals surface area contributed by atoms with Crippen LogP contribution in [0.15, 0.2) is 47.8 Å². The van der Waals surface area contributed by atoms with E-state index in [9.17, 15) is 9.65 Å². The molecule has 140 valence electrons. The maximum Gasteiger partial charge on any atom is 0.195 e. The summed E-state index contributed by atoms with van der Waals surface area (Å²) in [5, 5.41) is 11.4. The smallest absolute Gasteiger partial charge is 0.195 e. The van der Waals surface area contributed by atoms with Gasteiger partial charge >= 0.3 is 0 Å². The number of fused-ring (bicyclic) bond motifs is 1. The van der Waals surface area contributed by atoms with Crippen LogP contribution in [0.5, 0.6) is 11.5 Å². The van der Waals surface area contributed by atoms with Gasteiger partial charge in [-0.3, -0.25) is 4.40 Å². The maximum atomic E-state index is 13.3. The summed E-state index contributed by atoms with van der Waals surface area (Å²) >= 11 is 1.47. The minimum atomic E-state index is -0.292. The normalized spacial score (nSPS) is 10.8. The first-order chi connectivity index (χ1) is 13.7. The van der Waals surface area contributed by atoms with E-state index in [0.717, 1.165) is 27.5 Å². The van der Waals surface area contributed by atoms with Gasteiger partial charge in [0, 0.05) is 10.9 Å². The Morgan fingerprint density at radius 1 is 1.14 bits per heavy atom. The number of rotatable bonds is 5. The molecule has 4 rings (SSSR count). The van der Waals surface area contributed by atoms with E-state index in [1.54, 1.807) is 26.4 Å². The third-order valence-electron chi connectivity index (χ3n) is 4.51. The minimum Gasteiger partial charge on any atom is -0.497 e. The molecular formula is C21H16FN3O2S. The molecule has 0 atom stereocenters. The largest absolute Gasteiger partial charge is 0.497 e. The molecular weight excluding hydrogens is 377 g/mol. The molecule has 0 saturated heterocycles. The molecule has 0 aliphatic carbocycles. The van der Waals surface area contributed by atoms with E-state index >= 15 is 0 Å². The molecule has 7 heteroatoms. The highest BCUT2D eigenvalue weighted by Crippen LogP contribution is 2.38. The van der Waals surface area contributed by atoms with Gasteiger partial charge in [0.1, 0.15) is 17.3 Å². The van der Waals surface area contributed by atoms with Crippen LogP contribution >= 0.6 is 11.3 Å². The lowest BCUT2D eigenvalue weighted by atomic mass is 10.1. The van der Waals surface area contributed by atoms with E-state index in [0.29, 0.717) is 17.2 Å². The monoisotopic (exact) mass is 393 g/mol. The molecule has 2 aromatic carbocycles. The van der Waals surface area contributed by atoms with E-state index in [1.165, 1.54) is 23.5 Å². The van der Waals surface area contributed by atoms with Crippen molar-refractivity contribution in [1.29, 1.82) is 5.26 Å². The SMILES string of the molecule is COc1ccc(OC)c(-c2nc3scc(-c4ccc(F)cc4)n3c2CC#N)c1. The summed E-state index contributed by atoms with van der Waals surface area (Å²) in [5.41, 5.74) is 3.91. The van der Waals surface area contributed by atoms with Gasteiger partial charge in [-0.2, -0.15) is 5.26 Å². The van der Waals surface area contributed by atoms with Crippen molar-refractivity contribution in [3.8, 4) is 40.1 Å². The van der Waals surface area contributed by atoms with Crippen molar-refractivity contribution >= 4 is 16.3 Å². The van der Waals surface area contributed by atoms with Crippen LogP contribution in [0.4, 0.5) is 4.39 Å². The zero-order valence-electron chi connectivity index (χ0n) is 15.3. The third kappa shape index (κ3) is 2.98. The average molecular weight is 393 g/mol. The molecule has 0 spiro atoms. The van der Waals surface area contributed by atoms with Crippen LogP contribution in [0.3, 0.4) is 0 Å². The van der Waals surface area contributed by atoms with Crippen LogP contribution in [0.1, 0.15) is 5.69 Å². The Morgan fingerprint density at radius 3 is 2.61 bits per heavy atom. The fourth-order valence-electron chi connectivity index (χ4n) is 3.19. The molecule has 0 amide bonds. The van der Waals surface area contributed by atoms with Gasteiger partial charge in [0.2, 0.25) is 0 Å². The van der Waals surface area contributed by atoms with E-state index in [-0.39, 0.29) is 12.2 Å². The highest BCUT2D eigenvalue weighted by atomic mass is 32.1. The Balaban J connectivity index is 1.98. The Kier molecular flexibility index (Phi) is 4.72. The highest BCUT2D eigenvalue weighted by molar-refractivity contribution is 7.15. The van der Waals surface area contributed by atoms with Crippen LogP contribution in [0.25, 0.3) is 27.5 Å². The molecule has 0 unspecified atom stereocenters. The zero-order valence-corrected chi connectivity index (χ0v) is 16.1. The van der Waals surface area contributed by atoms with Crippen LogP contribution in [0.2, 0.25) is 0 Å². The number of aromatic nitrogens is 2. The summed E-state index contributed by atoms with van der Waals surface area (Å²) in [6.07, 6.45) is 0.168. The maximum absolute atomic E-state index is 13.3. The Bertz CT molecular complexity index is 1190. The second-order valence-corrected chi connectivity index (χ2v) is 6.89. The predicted molar refractivity (Wildman–Crippen MR) is 106 cm³/mol. The van der Waals surface area contributed by atoms with Gasteiger partial charge in [0.05, 0.1) is 43.8 Å². The lowest BCUT2D eigenvalue weighted by Gasteiger charge is -2.10. The number of ether oxygens (including phenoxy) is 2. The minimum absolute atomic E-state index is 0.168. The number of nitriles is 1. The van der Waals surface area contributed by atoms with Crippen molar-refractivity contribution in [2.45, 2.75) is 6.42 Å². The number of nitrogens with zero attached hydrogens (tertiary/aromatic N) is 3. The van der Waals surface area contributed by atoms with E-state index in [1.807, 2.05) is 28.0 Å². The van der Waals surface area contributed by atoms with E-state index in [4.69, 9.17) is 14.5 Å².